The van der Waals surface area contributed by atoms with Crippen LogP contribution in [-0.4, -0.2) is 53.9 Å². The summed E-state index contributed by atoms with van der Waals surface area (Å²) < 4.78 is 42.7. The molecule has 3 aromatic carbocycles. The Bertz CT molecular complexity index is 1380. The van der Waals surface area contributed by atoms with Crippen LogP contribution in [-0.2, 0) is 24.3 Å². The average Bonchev–Trinajstić information content (AvgIpc) is 2.91. The summed E-state index contributed by atoms with van der Waals surface area (Å²) in [4.78, 5) is 24.0. The van der Waals surface area contributed by atoms with Gasteiger partial charge in [0.1, 0.15) is 18.0 Å². The van der Waals surface area contributed by atoms with E-state index in [1.807, 2.05) is 0 Å². The molecule has 1 amide bonds. The summed E-state index contributed by atoms with van der Waals surface area (Å²) in [6, 6.07) is 18.7. The number of sulfonamides is 1. The van der Waals surface area contributed by atoms with Gasteiger partial charge in [0.15, 0.2) is 6.61 Å². The van der Waals surface area contributed by atoms with Crippen LogP contribution in [0.15, 0.2) is 82.8 Å². The van der Waals surface area contributed by atoms with Crippen LogP contribution in [0.1, 0.15) is 5.56 Å². The predicted molar refractivity (Wildman–Crippen MR) is 139 cm³/mol. The number of amides is 1. The number of hydrogen-bond donors (Lipinski definition) is 1. The molecule has 3 rings (SSSR count). The molecule has 0 aliphatic carbocycles. The van der Waals surface area contributed by atoms with E-state index < -0.39 is 28.4 Å². The van der Waals surface area contributed by atoms with Crippen molar-refractivity contribution in [2.75, 3.05) is 31.7 Å². The first-order chi connectivity index (χ1) is 17.7. The van der Waals surface area contributed by atoms with Gasteiger partial charge in [-0.15, -0.1) is 0 Å². The fourth-order valence-corrected chi connectivity index (χ4v) is 4.76. The van der Waals surface area contributed by atoms with Crippen LogP contribution in [0.3, 0.4) is 0 Å². The van der Waals surface area contributed by atoms with Gasteiger partial charge < -0.3 is 14.2 Å². The van der Waals surface area contributed by atoms with Crippen molar-refractivity contribution in [3.63, 3.8) is 0 Å². The van der Waals surface area contributed by atoms with Gasteiger partial charge >= 0.3 is 5.97 Å². The van der Waals surface area contributed by atoms with Crippen LogP contribution < -0.4 is 19.2 Å². The highest BCUT2D eigenvalue weighted by molar-refractivity contribution is 7.92. The third-order valence-electron chi connectivity index (χ3n) is 4.89. The molecule has 0 aromatic heterocycles. The SMILES string of the molecule is COC(=O)COc1cccc(/C=N\NC(=O)CN(c2ccc(OC)c(Cl)c2)S(=O)(=O)c2ccccc2)c1. The number of halogens is 1. The second kappa shape index (κ2) is 12.7. The smallest absolute Gasteiger partial charge is 0.343 e. The molecule has 0 atom stereocenters. The van der Waals surface area contributed by atoms with Gasteiger partial charge in [0.2, 0.25) is 0 Å². The maximum atomic E-state index is 13.4. The Morgan fingerprint density at radius 1 is 1.03 bits per heavy atom. The summed E-state index contributed by atoms with van der Waals surface area (Å²) in [5.74, 6) is -0.466. The standard InChI is InChI=1S/C25H24ClN3O7S/c1-34-23-12-11-19(14-22(23)26)29(37(32,33)21-9-4-3-5-10-21)16-24(30)28-27-15-18-7-6-8-20(13-18)36-17-25(31)35-2/h3-15H,16-17H2,1-2H3,(H,28,30)/b27-15-. The molecule has 0 fully saturated rings. The molecule has 0 aliphatic heterocycles. The lowest BCUT2D eigenvalue weighted by Crippen LogP contribution is -2.39. The van der Waals surface area contributed by atoms with E-state index in [1.165, 1.54) is 50.8 Å². The number of nitrogens with one attached hydrogen (secondary N) is 1. The van der Waals surface area contributed by atoms with E-state index in [2.05, 4.69) is 15.3 Å². The molecule has 0 heterocycles. The molecule has 0 bridgehead atoms. The summed E-state index contributed by atoms with van der Waals surface area (Å²) in [5.41, 5.74) is 3.06. The van der Waals surface area contributed by atoms with E-state index in [0.29, 0.717) is 17.1 Å². The first-order valence-corrected chi connectivity index (χ1v) is 12.6. The minimum absolute atomic E-state index is 0.00186. The highest BCUT2D eigenvalue weighted by atomic mass is 35.5. The van der Waals surface area contributed by atoms with Crippen molar-refractivity contribution in [2.45, 2.75) is 4.90 Å². The van der Waals surface area contributed by atoms with Crippen LogP contribution in [0.2, 0.25) is 5.02 Å². The van der Waals surface area contributed by atoms with E-state index in [-0.39, 0.29) is 22.2 Å². The van der Waals surface area contributed by atoms with Gasteiger partial charge in [-0.25, -0.2) is 18.6 Å². The molecule has 0 aliphatic rings. The third-order valence-corrected chi connectivity index (χ3v) is 6.97. The Morgan fingerprint density at radius 2 is 1.78 bits per heavy atom. The number of ether oxygens (including phenoxy) is 3. The molecule has 1 N–H and O–H groups in total. The van der Waals surface area contributed by atoms with Crippen LogP contribution in [0, 0.1) is 0 Å². The van der Waals surface area contributed by atoms with Crippen molar-refractivity contribution in [3.05, 3.63) is 83.4 Å². The van der Waals surface area contributed by atoms with Crippen molar-refractivity contribution in [2.24, 2.45) is 5.10 Å². The first-order valence-electron chi connectivity index (χ1n) is 10.8. The largest absolute Gasteiger partial charge is 0.495 e. The molecule has 12 heteroatoms. The van der Waals surface area contributed by atoms with Crippen molar-refractivity contribution in [3.8, 4) is 11.5 Å². The number of methoxy groups -OCH3 is 2. The number of rotatable bonds is 11. The average molecular weight is 546 g/mol. The molecule has 0 spiro atoms. The molecule has 0 saturated heterocycles. The Kier molecular flexibility index (Phi) is 9.47. The molecule has 0 saturated carbocycles. The molecule has 37 heavy (non-hydrogen) atoms. The second-order valence-corrected chi connectivity index (χ2v) is 9.64. The fourth-order valence-electron chi connectivity index (χ4n) is 3.08. The Labute approximate surface area is 219 Å². The van der Waals surface area contributed by atoms with Gasteiger partial charge in [0.05, 0.1) is 36.0 Å². The van der Waals surface area contributed by atoms with Gasteiger partial charge in [-0.05, 0) is 48.0 Å². The lowest BCUT2D eigenvalue weighted by atomic mass is 10.2. The van der Waals surface area contributed by atoms with Crippen molar-refractivity contribution >= 4 is 45.4 Å². The number of esters is 1. The molecule has 0 unspecified atom stereocenters. The lowest BCUT2D eigenvalue weighted by molar-refractivity contribution is -0.142. The summed E-state index contributed by atoms with van der Waals surface area (Å²) >= 11 is 6.21. The maximum Gasteiger partial charge on any atom is 0.343 e. The van der Waals surface area contributed by atoms with Crippen molar-refractivity contribution < 1.29 is 32.2 Å². The van der Waals surface area contributed by atoms with Crippen molar-refractivity contribution in [1.29, 1.82) is 0 Å². The monoisotopic (exact) mass is 545 g/mol. The summed E-state index contributed by atoms with van der Waals surface area (Å²) in [5, 5.41) is 4.08. The normalized spacial score (nSPS) is 11.1. The molecule has 10 nitrogen and oxygen atoms in total. The van der Waals surface area contributed by atoms with E-state index in [9.17, 15) is 18.0 Å². The van der Waals surface area contributed by atoms with Crippen LogP contribution in [0.25, 0.3) is 0 Å². The van der Waals surface area contributed by atoms with Gasteiger partial charge in [-0.2, -0.15) is 5.10 Å². The minimum atomic E-state index is -4.12. The second-order valence-electron chi connectivity index (χ2n) is 7.37. The number of hydrogen-bond acceptors (Lipinski definition) is 8. The number of carbonyl (C=O) groups excluding carboxylic acids is 2. The van der Waals surface area contributed by atoms with Gasteiger partial charge in [-0.3, -0.25) is 9.10 Å². The topological polar surface area (TPSA) is 124 Å². The maximum absolute atomic E-state index is 13.4. The third kappa shape index (κ3) is 7.45. The summed E-state index contributed by atoms with van der Waals surface area (Å²) in [6.07, 6.45) is 1.35. The zero-order valence-corrected chi connectivity index (χ0v) is 21.5. The Morgan fingerprint density at radius 3 is 2.46 bits per heavy atom. The van der Waals surface area contributed by atoms with Crippen molar-refractivity contribution in [1.82, 2.24) is 5.43 Å². The number of anilines is 1. The number of nitrogens with zero attached hydrogens (tertiary/aromatic N) is 2. The quantitative estimate of drug-likeness (QED) is 0.223. The van der Waals surface area contributed by atoms with E-state index in [0.717, 1.165) is 4.31 Å². The molecule has 3 aromatic rings. The van der Waals surface area contributed by atoms with Gasteiger partial charge in [-0.1, -0.05) is 41.9 Å². The molecule has 194 valence electrons. The molecule has 0 radical (unpaired) electrons. The molecular formula is C25H24ClN3O7S. The Balaban J connectivity index is 1.77. The van der Waals surface area contributed by atoms with Crippen LogP contribution in [0.4, 0.5) is 5.69 Å². The van der Waals surface area contributed by atoms with E-state index in [4.69, 9.17) is 21.1 Å². The zero-order chi connectivity index (χ0) is 26.8. The highest BCUT2D eigenvalue weighted by Gasteiger charge is 2.27. The van der Waals surface area contributed by atoms with E-state index in [1.54, 1.807) is 42.5 Å². The van der Waals surface area contributed by atoms with Gasteiger partial charge in [0.25, 0.3) is 15.9 Å². The van der Waals surface area contributed by atoms with E-state index >= 15 is 0 Å². The zero-order valence-electron chi connectivity index (χ0n) is 20.0. The lowest BCUT2D eigenvalue weighted by Gasteiger charge is -2.24. The fraction of sp³-hybridized carbons (Fsp3) is 0.160. The van der Waals surface area contributed by atoms with Crippen LogP contribution in [0.5, 0.6) is 11.5 Å². The van der Waals surface area contributed by atoms with Gasteiger partial charge in [0, 0.05) is 0 Å². The number of carbonyl (C=O) groups is 2. The summed E-state index contributed by atoms with van der Waals surface area (Å²) in [6.45, 7) is -0.825. The number of hydrazone groups is 1. The minimum Gasteiger partial charge on any atom is -0.495 e. The predicted octanol–water partition coefficient (Wildman–Crippen LogP) is 3.25. The van der Waals surface area contributed by atoms with Crippen LogP contribution >= 0.6 is 11.6 Å². The first kappa shape index (κ1) is 27.5. The Hall–Kier alpha value is -4.09. The summed E-state index contributed by atoms with van der Waals surface area (Å²) in [7, 11) is -1.42. The molecular weight excluding hydrogens is 522 g/mol. The number of benzene rings is 3. The highest BCUT2D eigenvalue weighted by Crippen LogP contribution is 2.31.